The maximum absolute atomic E-state index is 11.2. The molecule has 2 nitrogen and oxygen atoms in total. The molecule has 0 spiro atoms. The Hall–Kier alpha value is -0.0800. The van der Waals surface area contributed by atoms with Gasteiger partial charge in [0.25, 0.3) is 0 Å². The van der Waals surface area contributed by atoms with Crippen LogP contribution in [0.3, 0.4) is 0 Å². The fourth-order valence-corrected chi connectivity index (χ4v) is 9.40. The number of aliphatic hydroxyl groups is 2. The third-order valence-corrected chi connectivity index (χ3v) is 11.7. The fourth-order valence-electron chi connectivity index (χ4n) is 9.40. The molecule has 0 saturated heterocycles. The number of fused-ring (bicyclic) bond motifs is 5. The summed E-state index contributed by atoms with van der Waals surface area (Å²) in [6.07, 6.45) is 11.9. The van der Waals surface area contributed by atoms with Crippen molar-refractivity contribution >= 4 is 0 Å². The summed E-state index contributed by atoms with van der Waals surface area (Å²) in [5.74, 6) is 5.60. The van der Waals surface area contributed by atoms with Crippen LogP contribution in [-0.2, 0) is 0 Å². The molecule has 2 heteroatoms. The first-order chi connectivity index (χ1) is 14.1. The van der Waals surface area contributed by atoms with E-state index in [0.29, 0.717) is 23.2 Å². The van der Waals surface area contributed by atoms with E-state index in [-0.39, 0.29) is 17.6 Å². The maximum atomic E-state index is 11.2. The Bertz CT molecular complexity index is 601. The molecular weight excluding hydrogens is 368 g/mol. The molecule has 0 aromatic heterocycles. The fraction of sp³-hybridized carbons (Fsp3) is 1.00. The van der Waals surface area contributed by atoms with Gasteiger partial charge >= 0.3 is 0 Å². The monoisotopic (exact) mass is 418 g/mol. The molecule has 30 heavy (non-hydrogen) atoms. The molecule has 4 fully saturated rings. The normalized spacial score (nSPS) is 50.5. The molecule has 2 N–H and O–H groups in total. The van der Waals surface area contributed by atoms with Crippen LogP contribution < -0.4 is 0 Å². The van der Waals surface area contributed by atoms with Gasteiger partial charge in [-0.2, -0.15) is 0 Å². The highest BCUT2D eigenvalue weighted by Gasteiger charge is 2.63. The molecule has 4 aliphatic carbocycles. The van der Waals surface area contributed by atoms with Crippen LogP contribution in [0.25, 0.3) is 0 Å². The van der Waals surface area contributed by atoms with E-state index in [0.717, 1.165) is 55.3 Å². The number of aliphatic hydroxyl groups excluding tert-OH is 2. The highest BCUT2D eigenvalue weighted by atomic mass is 16.3. The van der Waals surface area contributed by atoms with Gasteiger partial charge in [0.15, 0.2) is 0 Å². The zero-order chi connectivity index (χ0) is 21.8. The molecule has 11 atom stereocenters. The Morgan fingerprint density at radius 3 is 2.27 bits per heavy atom. The van der Waals surface area contributed by atoms with E-state index in [1.54, 1.807) is 0 Å². The first-order valence-corrected chi connectivity index (χ1v) is 13.5. The van der Waals surface area contributed by atoms with Crippen LogP contribution >= 0.6 is 0 Å². The van der Waals surface area contributed by atoms with Crippen molar-refractivity contribution in [2.24, 2.45) is 58.2 Å². The van der Waals surface area contributed by atoms with E-state index in [1.165, 1.54) is 38.5 Å². The summed E-state index contributed by atoms with van der Waals surface area (Å²) >= 11 is 0. The minimum Gasteiger partial charge on any atom is -0.393 e. The summed E-state index contributed by atoms with van der Waals surface area (Å²) in [7, 11) is 0. The van der Waals surface area contributed by atoms with E-state index in [9.17, 15) is 10.2 Å². The Balaban J connectivity index is 1.52. The Morgan fingerprint density at radius 1 is 0.833 bits per heavy atom. The highest BCUT2D eigenvalue weighted by molar-refractivity contribution is 5.12. The first-order valence-electron chi connectivity index (χ1n) is 13.5. The zero-order valence-electron chi connectivity index (χ0n) is 20.7. The van der Waals surface area contributed by atoms with Crippen molar-refractivity contribution < 1.29 is 10.2 Å². The lowest BCUT2D eigenvalue weighted by atomic mass is 9.43. The summed E-state index contributed by atoms with van der Waals surface area (Å²) < 4.78 is 0. The van der Waals surface area contributed by atoms with Gasteiger partial charge in [0, 0.05) is 5.41 Å². The van der Waals surface area contributed by atoms with E-state index in [2.05, 4.69) is 41.5 Å². The molecule has 0 aromatic carbocycles. The Kier molecular flexibility index (Phi) is 6.44. The summed E-state index contributed by atoms with van der Waals surface area (Å²) in [5, 5.41) is 22.3. The van der Waals surface area contributed by atoms with Crippen molar-refractivity contribution in [2.75, 3.05) is 0 Å². The average Bonchev–Trinajstić information content (AvgIpc) is 3.05. The smallest absolute Gasteiger partial charge is 0.0600 e. The predicted molar refractivity (Wildman–Crippen MR) is 125 cm³/mol. The van der Waals surface area contributed by atoms with Crippen LogP contribution in [-0.4, -0.2) is 22.4 Å². The van der Waals surface area contributed by atoms with Gasteiger partial charge in [0.2, 0.25) is 0 Å². The lowest BCUT2D eigenvalue weighted by Gasteiger charge is -2.63. The summed E-state index contributed by atoms with van der Waals surface area (Å²) in [5.41, 5.74) is 0.391. The van der Waals surface area contributed by atoms with Crippen LogP contribution in [0, 0.1) is 58.2 Å². The molecule has 4 aliphatic rings. The summed E-state index contributed by atoms with van der Waals surface area (Å²) in [4.78, 5) is 0. The zero-order valence-corrected chi connectivity index (χ0v) is 20.7. The number of hydrogen-bond acceptors (Lipinski definition) is 2. The number of hydrogen-bond donors (Lipinski definition) is 2. The highest BCUT2D eigenvalue weighted by Crippen LogP contribution is 2.68. The van der Waals surface area contributed by atoms with Crippen LogP contribution in [0.15, 0.2) is 0 Å². The van der Waals surface area contributed by atoms with Gasteiger partial charge in [-0.1, -0.05) is 60.8 Å². The van der Waals surface area contributed by atoms with Gasteiger partial charge in [-0.15, -0.1) is 0 Å². The van der Waals surface area contributed by atoms with E-state index >= 15 is 0 Å². The Labute approximate surface area is 186 Å². The van der Waals surface area contributed by atoms with Crippen LogP contribution in [0.2, 0.25) is 0 Å². The van der Waals surface area contributed by atoms with Crippen molar-refractivity contribution in [3.05, 3.63) is 0 Å². The van der Waals surface area contributed by atoms with Crippen LogP contribution in [0.5, 0.6) is 0 Å². The second-order valence-corrected chi connectivity index (χ2v) is 13.1. The maximum Gasteiger partial charge on any atom is 0.0600 e. The standard InChI is InChI=1S/C28H50O2/c1-17(2)18(3)10-11-19(4)21-12-13-22-20-16-25(29)24-8-7-9-26(30)28(24,6)23(20)14-15-27(21,22)5/h17-26,29-30H,7-16H2,1-6H3/t18-,19-,20+,21-,22+,23+,24?,25+,26?,27-,28-/m1/s1. The van der Waals surface area contributed by atoms with Gasteiger partial charge < -0.3 is 10.2 Å². The van der Waals surface area contributed by atoms with Gasteiger partial charge in [-0.05, 0) is 97.7 Å². The second kappa shape index (κ2) is 8.36. The minimum absolute atomic E-state index is 0.0572. The molecular formula is C28H50O2. The summed E-state index contributed by atoms with van der Waals surface area (Å²) in [6, 6.07) is 0. The lowest BCUT2D eigenvalue weighted by Crippen LogP contribution is -2.61. The van der Waals surface area contributed by atoms with Crippen molar-refractivity contribution in [3.8, 4) is 0 Å². The van der Waals surface area contributed by atoms with Gasteiger partial charge in [-0.3, -0.25) is 0 Å². The van der Waals surface area contributed by atoms with Gasteiger partial charge in [0.1, 0.15) is 0 Å². The van der Waals surface area contributed by atoms with E-state index < -0.39 is 0 Å². The van der Waals surface area contributed by atoms with E-state index in [4.69, 9.17) is 0 Å². The molecule has 2 unspecified atom stereocenters. The third-order valence-electron chi connectivity index (χ3n) is 11.7. The average molecular weight is 419 g/mol. The van der Waals surface area contributed by atoms with Crippen molar-refractivity contribution in [2.45, 2.75) is 118 Å². The molecule has 4 saturated carbocycles. The molecule has 0 heterocycles. The molecule has 0 aromatic rings. The van der Waals surface area contributed by atoms with Crippen molar-refractivity contribution in [3.63, 3.8) is 0 Å². The topological polar surface area (TPSA) is 40.5 Å². The largest absolute Gasteiger partial charge is 0.393 e. The third kappa shape index (κ3) is 3.51. The van der Waals surface area contributed by atoms with Gasteiger partial charge in [-0.25, -0.2) is 0 Å². The SMILES string of the molecule is CC(C)[C@H](C)CC[C@@H](C)[C@H]1CC[C@H]2[C@@H]3C[C@H](O)C4CCCC(O)[C@]4(C)[C@H]3CC[C@]12C. The van der Waals surface area contributed by atoms with Gasteiger partial charge in [0.05, 0.1) is 12.2 Å². The van der Waals surface area contributed by atoms with Crippen LogP contribution in [0.4, 0.5) is 0 Å². The predicted octanol–water partition coefficient (Wildman–Crippen LogP) is 6.69. The van der Waals surface area contributed by atoms with E-state index in [1.807, 2.05) is 0 Å². The number of rotatable bonds is 5. The quantitative estimate of drug-likeness (QED) is 0.522. The molecule has 174 valence electrons. The summed E-state index contributed by atoms with van der Waals surface area (Å²) in [6.45, 7) is 14.7. The molecule has 0 amide bonds. The lowest BCUT2D eigenvalue weighted by molar-refractivity contribution is -0.199. The minimum atomic E-state index is -0.211. The molecule has 0 aliphatic heterocycles. The molecule has 0 radical (unpaired) electrons. The van der Waals surface area contributed by atoms with Crippen molar-refractivity contribution in [1.82, 2.24) is 0 Å². The molecule has 0 bridgehead atoms. The Morgan fingerprint density at radius 2 is 1.57 bits per heavy atom. The first kappa shape index (κ1) is 23.1. The molecule has 4 rings (SSSR count). The second-order valence-electron chi connectivity index (χ2n) is 13.1. The van der Waals surface area contributed by atoms with Crippen molar-refractivity contribution in [1.29, 1.82) is 0 Å². The van der Waals surface area contributed by atoms with Crippen LogP contribution in [0.1, 0.15) is 106 Å².